The summed E-state index contributed by atoms with van der Waals surface area (Å²) in [6, 6.07) is 18.0. The van der Waals surface area contributed by atoms with Crippen LogP contribution >= 0.6 is 0 Å². The molecule has 2 aliphatic rings. The molecule has 146 valence electrons. The number of carbonyl (C=O) groups is 2. The number of benzene rings is 2. The SMILES string of the molecule is O=C(c1ccc(-c2ccccc2)cc1)N1CCC(C(=O)N2CCCCC2)CC1. The van der Waals surface area contributed by atoms with Crippen molar-refractivity contribution in [1.29, 1.82) is 0 Å². The molecule has 0 aromatic heterocycles. The Morgan fingerprint density at radius 1 is 0.679 bits per heavy atom. The fourth-order valence-corrected chi connectivity index (χ4v) is 4.32. The van der Waals surface area contributed by atoms with Crippen molar-refractivity contribution in [2.75, 3.05) is 26.2 Å². The number of hydrogen-bond acceptors (Lipinski definition) is 2. The molecular weight excluding hydrogens is 348 g/mol. The first-order valence-electron chi connectivity index (χ1n) is 10.5. The van der Waals surface area contributed by atoms with Crippen molar-refractivity contribution in [3.05, 3.63) is 60.2 Å². The molecule has 4 heteroatoms. The van der Waals surface area contributed by atoms with Crippen LogP contribution in [0, 0.1) is 5.92 Å². The van der Waals surface area contributed by atoms with E-state index in [-0.39, 0.29) is 11.8 Å². The molecule has 0 spiro atoms. The standard InChI is InChI=1S/C24H28N2O2/c27-23(21-11-9-20(10-12-21)19-7-3-1-4-8-19)26-17-13-22(14-18-26)24(28)25-15-5-2-6-16-25/h1,3-4,7-12,22H,2,5-6,13-18H2. The minimum absolute atomic E-state index is 0.0727. The van der Waals surface area contributed by atoms with E-state index in [0.29, 0.717) is 19.0 Å². The molecule has 2 saturated heterocycles. The van der Waals surface area contributed by atoms with Gasteiger partial charge in [-0.25, -0.2) is 0 Å². The van der Waals surface area contributed by atoms with E-state index in [1.807, 2.05) is 52.3 Å². The van der Waals surface area contributed by atoms with E-state index in [9.17, 15) is 9.59 Å². The Kier molecular flexibility index (Phi) is 5.75. The van der Waals surface area contributed by atoms with Crippen molar-refractivity contribution in [1.82, 2.24) is 9.80 Å². The highest BCUT2D eigenvalue weighted by atomic mass is 16.2. The maximum absolute atomic E-state index is 12.9. The van der Waals surface area contributed by atoms with Gasteiger partial charge in [-0.3, -0.25) is 9.59 Å². The first-order chi connectivity index (χ1) is 13.7. The molecule has 2 aromatic carbocycles. The highest BCUT2D eigenvalue weighted by Gasteiger charge is 2.30. The molecule has 0 radical (unpaired) electrons. The first kappa shape index (κ1) is 18.7. The van der Waals surface area contributed by atoms with E-state index < -0.39 is 0 Å². The Hall–Kier alpha value is -2.62. The summed E-state index contributed by atoms with van der Waals surface area (Å²) in [6.07, 6.45) is 5.05. The number of amides is 2. The summed E-state index contributed by atoms with van der Waals surface area (Å²) < 4.78 is 0. The van der Waals surface area contributed by atoms with Gasteiger partial charge in [0.2, 0.25) is 5.91 Å². The molecule has 0 aliphatic carbocycles. The number of piperidine rings is 2. The molecule has 2 heterocycles. The van der Waals surface area contributed by atoms with Crippen LogP contribution in [0.4, 0.5) is 0 Å². The summed E-state index contributed by atoms with van der Waals surface area (Å²) in [4.78, 5) is 29.5. The number of likely N-dealkylation sites (tertiary alicyclic amines) is 2. The van der Waals surface area contributed by atoms with Crippen molar-refractivity contribution in [3.8, 4) is 11.1 Å². The lowest BCUT2D eigenvalue weighted by atomic mass is 9.93. The Balaban J connectivity index is 1.34. The van der Waals surface area contributed by atoms with Gasteiger partial charge in [-0.1, -0.05) is 42.5 Å². The molecule has 0 atom stereocenters. The average Bonchev–Trinajstić information content (AvgIpc) is 2.79. The fraction of sp³-hybridized carbons (Fsp3) is 0.417. The Morgan fingerprint density at radius 2 is 1.29 bits per heavy atom. The molecule has 0 saturated carbocycles. The van der Waals surface area contributed by atoms with Crippen LogP contribution in [0.15, 0.2) is 54.6 Å². The molecule has 4 rings (SSSR count). The number of rotatable bonds is 3. The molecule has 2 fully saturated rings. The van der Waals surface area contributed by atoms with Crippen molar-refractivity contribution in [3.63, 3.8) is 0 Å². The molecule has 2 aliphatic heterocycles. The summed E-state index contributed by atoms with van der Waals surface area (Å²) >= 11 is 0. The molecule has 0 N–H and O–H groups in total. The van der Waals surface area contributed by atoms with Gasteiger partial charge in [0.1, 0.15) is 0 Å². The lowest BCUT2D eigenvalue weighted by molar-refractivity contribution is -0.137. The molecule has 2 amide bonds. The normalized spacial score (nSPS) is 18.1. The zero-order valence-electron chi connectivity index (χ0n) is 16.3. The Morgan fingerprint density at radius 3 is 1.93 bits per heavy atom. The van der Waals surface area contributed by atoms with Crippen LogP contribution in [0.5, 0.6) is 0 Å². The first-order valence-corrected chi connectivity index (χ1v) is 10.5. The van der Waals surface area contributed by atoms with Crippen LogP contribution < -0.4 is 0 Å². The van der Waals surface area contributed by atoms with Crippen molar-refractivity contribution in [2.24, 2.45) is 5.92 Å². The predicted molar refractivity (Wildman–Crippen MR) is 111 cm³/mol. The monoisotopic (exact) mass is 376 g/mol. The third-order valence-electron chi connectivity index (χ3n) is 6.04. The topological polar surface area (TPSA) is 40.6 Å². The third kappa shape index (κ3) is 4.11. The quantitative estimate of drug-likeness (QED) is 0.805. The van der Waals surface area contributed by atoms with E-state index in [0.717, 1.165) is 55.5 Å². The highest BCUT2D eigenvalue weighted by Crippen LogP contribution is 2.24. The van der Waals surface area contributed by atoms with Crippen molar-refractivity contribution >= 4 is 11.8 Å². The zero-order chi connectivity index (χ0) is 19.3. The third-order valence-corrected chi connectivity index (χ3v) is 6.04. The van der Waals surface area contributed by atoms with Gasteiger partial charge in [-0.05, 0) is 55.4 Å². The lowest BCUT2D eigenvalue weighted by Crippen LogP contribution is -2.45. The second-order valence-electron chi connectivity index (χ2n) is 7.90. The van der Waals surface area contributed by atoms with Crippen LogP contribution in [0.25, 0.3) is 11.1 Å². The average molecular weight is 377 g/mol. The summed E-state index contributed by atoms with van der Waals surface area (Å²) in [6.45, 7) is 3.16. The summed E-state index contributed by atoms with van der Waals surface area (Å²) in [7, 11) is 0. The van der Waals surface area contributed by atoms with Crippen molar-refractivity contribution in [2.45, 2.75) is 32.1 Å². The molecule has 28 heavy (non-hydrogen) atoms. The summed E-state index contributed by atoms with van der Waals surface area (Å²) in [5.41, 5.74) is 2.99. The number of nitrogens with zero attached hydrogens (tertiary/aromatic N) is 2. The number of carbonyl (C=O) groups excluding carboxylic acids is 2. The predicted octanol–water partition coefficient (Wildman–Crippen LogP) is 4.22. The van der Waals surface area contributed by atoms with Gasteiger partial charge in [-0.2, -0.15) is 0 Å². The van der Waals surface area contributed by atoms with Gasteiger partial charge in [-0.15, -0.1) is 0 Å². The summed E-state index contributed by atoms with van der Waals surface area (Å²) in [5, 5.41) is 0. The highest BCUT2D eigenvalue weighted by molar-refractivity contribution is 5.95. The maximum Gasteiger partial charge on any atom is 0.253 e. The Bertz CT molecular complexity index is 802. The van der Waals surface area contributed by atoms with Crippen LogP contribution in [-0.2, 0) is 4.79 Å². The largest absolute Gasteiger partial charge is 0.342 e. The second-order valence-corrected chi connectivity index (χ2v) is 7.90. The maximum atomic E-state index is 12.9. The minimum Gasteiger partial charge on any atom is -0.342 e. The molecule has 0 bridgehead atoms. The zero-order valence-corrected chi connectivity index (χ0v) is 16.3. The lowest BCUT2D eigenvalue weighted by Gasteiger charge is -2.35. The minimum atomic E-state index is 0.0727. The smallest absolute Gasteiger partial charge is 0.253 e. The summed E-state index contributed by atoms with van der Waals surface area (Å²) in [5.74, 6) is 0.463. The Labute approximate surface area is 167 Å². The molecule has 2 aromatic rings. The number of hydrogen-bond donors (Lipinski definition) is 0. The fourth-order valence-electron chi connectivity index (χ4n) is 4.32. The molecular formula is C24H28N2O2. The van der Waals surface area contributed by atoms with E-state index in [2.05, 4.69) is 12.1 Å². The van der Waals surface area contributed by atoms with Gasteiger partial charge in [0, 0.05) is 37.7 Å². The van der Waals surface area contributed by atoms with Crippen LogP contribution in [0.1, 0.15) is 42.5 Å². The van der Waals surface area contributed by atoms with Gasteiger partial charge < -0.3 is 9.80 Å². The van der Waals surface area contributed by atoms with Crippen LogP contribution in [0.2, 0.25) is 0 Å². The van der Waals surface area contributed by atoms with E-state index in [1.165, 1.54) is 6.42 Å². The van der Waals surface area contributed by atoms with E-state index >= 15 is 0 Å². The van der Waals surface area contributed by atoms with Gasteiger partial charge in [0.05, 0.1) is 0 Å². The van der Waals surface area contributed by atoms with Gasteiger partial charge >= 0.3 is 0 Å². The van der Waals surface area contributed by atoms with Crippen LogP contribution in [0.3, 0.4) is 0 Å². The van der Waals surface area contributed by atoms with E-state index in [4.69, 9.17) is 0 Å². The van der Waals surface area contributed by atoms with Gasteiger partial charge in [0.25, 0.3) is 5.91 Å². The second kappa shape index (κ2) is 8.59. The molecule has 4 nitrogen and oxygen atoms in total. The molecule has 0 unspecified atom stereocenters. The van der Waals surface area contributed by atoms with Crippen LogP contribution in [-0.4, -0.2) is 47.8 Å². The van der Waals surface area contributed by atoms with E-state index in [1.54, 1.807) is 0 Å². The van der Waals surface area contributed by atoms with Crippen molar-refractivity contribution < 1.29 is 9.59 Å². The van der Waals surface area contributed by atoms with Gasteiger partial charge in [0.15, 0.2) is 0 Å².